The molecule has 0 heterocycles. The first-order chi connectivity index (χ1) is 7.35. The van der Waals surface area contributed by atoms with Crippen LogP contribution in [0.1, 0.15) is 19.3 Å². The molecule has 0 saturated heterocycles. The largest absolute Gasteiger partial charge is 0.234 e. The molecule has 0 aromatic rings. The summed E-state index contributed by atoms with van der Waals surface area (Å²) in [7, 11) is 0. The van der Waals surface area contributed by atoms with E-state index in [1.54, 1.807) is 12.2 Å². The van der Waals surface area contributed by atoms with E-state index in [0.29, 0.717) is 36.8 Å². The first-order valence-corrected chi connectivity index (χ1v) is 5.42. The van der Waals surface area contributed by atoms with Gasteiger partial charge in [-0.3, -0.25) is 0 Å². The fourth-order valence-electron chi connectivity index (χ4n) is 3.27. The van der Waals surface area contributed by atoms with Gasteiger partial charge in [-0.1, -0.05) is 0 Å². The lowest BCUT2D eigenvalue weighted by atomic mass is 9.82. The SMILES string of the molecule is O=C=NC[C@@H]1C[C@H]2C[C@H]1C[C@@H]2CN=C=O. The van der Waals surface area contributed by atoms with Gasteiger partial charge < -0.3 is 0 Å². The summed E-state index contributed by atoms with van der Waals surface area (Å²) in [6.07, 6.45) is 6.70. The minimum atomic E-state index is 0.563. The van der Waals surface area contributed by atoms with Crippen molar-refractivity contribution in [2.24, 2.45) is 33.7 Å². The van der Waals surface area contributed by atoms with Crippen molar-refractivity contribution >= 4 is 12.2 Å². The van der Waals surface area contributed by atoms with E-state index >= 15 is 0 Å². The highest BCUT2D eigenvalue weighted by Crippen LogP contribution is 2.51. The lowest BCUT2D eigenvalue weighted by Crippen LogP contribution is -2.21. The highest BCUT2D eigenvalue weighted by atomic mass is 16.1. The third kappa shape index (κ3) is 2.06. The van der Waals surface area contributed by atoms with Gasteiger partial charge in [0.2, 0.25) is 12.2 Å². The van der Waals surface area contributed by atoms with Gasteiger partial charge in [-0.15, -0.1) is 0 Å². The summed E-state index contributed by atoms with van der Waals surface area (Å²) in [6, 6.07) is 0. The molecule has 4 heteroatoms. The molecule has 2 aliphatic rings. The lowest BCUT2D eigenvalue weighted by Gasteiger charge is -2.25. The van der Waals surface area contributed by atoms with Crippen LogP contribution in [-0.4, -0.2) is 25.2 Å². The van der Waals surface area contributed by atoms with Gasteiger partial charge in [-0.2, -0.15) is 0 Å². The summed E-state index contributed by atoms with van der Waals surface area (Å²) in [5, 5.41) is 0. The second-order valence-corrected chi connectivity index (χ2v) is 4.61. The van der Waals surface area contributed by atoms with E-state index in [1.165, 1.54) is 6.42 Å². The molecular weight excluding hydrogens is 192 g/mol. The van der Waals surface area contributed by atoms with Crippen molar-refractivity contribution in [1.82, 2.24) is 0 Å². The molecule has 2 saturated carbocycles. The Bertz CT molecular complexity index is 297. The molecule has 0 aromatic heterocycles. The van der Waals surface area contributed by atoms with E-state index in [2.05, 4.69) is 9.98 Å². The van der Waals surface area contributed by atoms with Crippen LogP contribution >= 0.6 is 0 Å². The summed E-state index contributed by atoms with van der Waals surface area (Å²) in [5.41, 5.74) is 0. The third-order valence-corrected chi connectivity index (χ3v) is 3.93. The number of isocyanates is 2. The van der Waals surface area contributed by atoms with E-state index in [0.717, 1.165) is 12.8 Å². The summed E-state index contributed by atoms with van der Waals surface area (Å²) in [6.45, 7) is 1.27. The Balaban J connectivity index is 1.88. The fraction of sp³-hybridized carbons (Fsp3) is 0.818. The number of aliphatic imine (C=N–C) groups is 2. The van der Waals surface area contributed by atoms with Gasteiger partial charge in [0, 0.05) is 0 Å². The van der Waals surface area contributed by atoms with E-state index in [9.17, 15) is 9.59 Å². The number of nitrogens with zero attached hydrogens (tertiary/aromatic N) is 2. The van der Waals surface area contributed by atoms with Crippen LogP contribution in [0.2, 0.25) is 0 Å². The Hall–Kier alpha value is -1.24. The second-order valence-electron chi connectivity index (χ2n) is 4.61. The highest BCUT2D eigenvalue weighted by molar-refractivity contribution is 5.33. The van der Waals surface area contributed by atoms with Crippen molar-refractivity contribution in [3.8, 4) is 0 Å². The lowest BCUT2D eigenvalue weighted by molar-refractivity contribution is 0.267. The quantitative estimate of drug-likeness (QED) is 0.514. The topological polar surface area (TPSA) is 58.9 Å². The summed E-state index contributed by atoms with van der Waals surface area (Å²) in [4.78, 5) is 27.4. The molecule has 2 fully saturated rings. The van der Waals surface area contributed by atoms with Crippen LogP contribution in [0.25, 0.3) is 0 Å². The minimum absolute atomic E-state index is 0.563. The van der Waals surface area contributed by atoms with E-state index in [-0.39, 0.29) is 0 Å². The molecule has 80 valence electrons. The first-order valence-electron chi connectivity index (χ1n) is 5.42. The predicted octanol–water partition coefficient (Wildman–Crippen LogP) is 1.32. The van der Waals surface area contributed by atoms with Gasteiger partial charge >= 0.3 is 0 Å². The van der Waals surface area contributed by atoms with Gasteiger partial charge in [-0.05, 0) is 42.9 Å². The number of fused-ring (bicyclic) bond motifs is 2. The van der Waals surface area contributed by atoms with Gasteiger partial charge in [0.1, 0.15) is 0 Å². The molecular formula is C11H14N2O2. The van der Waals surface area contributed by atoms with Crippen LogP contribution in [-0.2, 0) is 9.59 Å². The van der Waals surface area contributed by atoms with Crippen LogP contribution in [0.4, 0.5) is 0 Å². The summed E-state index contributed by atoms with van der Waals surface area (Å²) < 4.78 is 0. The number of hydrogen-bond acceptors (Lipinski definition) is 4. The molecule has 2 aliphatic carbocycles. The molecule has 0 aliphatic heterocycles. The Morgan fingerprint density at radius 1 is 0.867 bits per heavy atom. The molecule has 0 radical (unpaired) electrons. The third-order valence-electron chi connectivity index (χ3n) is 3.93. The zero-order valence-electron chi connectivity index (χ0n) is 8.56. The van der Waals surface area contributed by atoms with Crippen LogP contribution in [0.15, 0.2) is 9.98 Å². The molecule has 0 spiro atoms. The Kier molecular flexibility index (Phi) is 3.10. The van der Waals surface area contributed by atoms with E-state index < -0.39 is 0 Å². The van der Waals surface area contributed by atoms with Crippen molar-refractivity contribution in [3.63, 3.8) is 0 Å². The molecule has 15 heavy (non-hydrogen) atoms. The molecule has 0 amide bonds. The van der Waals surface area contributed by atoms with E-state index in [1.807, 2.05) is 0 Å². The van der Waals surface area contributed by atoms with Crippen LogP contribution < -0.4 is 0 Å². The second kappa shape index (κ2) is 4.52. The highest BCUT2D eigenvalue weighted by Gasteiger charge is 2.45. The van der Waals surface area contributed by atoms with Gasteiger partial charge in [0.25, 0.3) is 0 Å². The average Bonchev–Trinajstić information content (AvgIpc) is 2.82. The number of carbonyl (C=O) groups excluding carboxylic acids is 2. The maximum atomic E-state index is 10.0. The molecule has 0 aromatic carbocycles. The zero-order valence-corrected chi connectivity index (χ0v) is 8.56. The fourth-order valence-corrected chi connectivity index (χ4v) is 3.27. The average molecular weight is 206 g/mol. The molecule has 0 N–H and O–H groups in total. The molecule has 4 nitrogen and oxygen atoms in total. The smallest absolute Gasteiger partial charge is 0.211 e. The summed E-state index contributed by atoms with van der Waals surface area (Å²) >= 11 is 0. The summed E-state index contributed by atoms with van der Waals surface area (Å²) in [5.74, 6) is 2.48. The van der Waals surface area contributed by atoms with Crippen molar-refractivity contribution in [3.05, 3.63) is 0 Å². The van der Waals surface area contributed by atoms with Gasteiger partial charge in [0.15, 0.2) is 0 Å². The maximum Gasteiger partial charge on any atom is 0.234 e. The molecule has 2 bridgehead atoms. The number of hydrogen-bond donors (Lipinski definition) is 0. The van der Waals surface area contributed by atoms with Crippen LogP contribution in [0, 0.1) is 23.7 Å². The van der Waals surface area contributed by atoms with Gasteiger partial charge in [0.05, 0.1) is 13.1 Å². The normalized spacial score (nSPS) is 37.1. The standard InChI is InChI=1S/C11H14N2O2/c14-6-12-4-10-2-8-1-9(10)3-11(8)5-13-7-15/h8-11H,1-5H2/t8-,9+,10+,11-. The van der Waals surface area contributed by atoms with E-state index in [4.69, 9.17) is 0 Å². The van der Waals surface area contributed by atoms with Crippen molar-refractivity contribution in [1.29, 1.82) is 0 Å². The first kappa shape index (κ1) is 10.3. The van der Waals surface area contributed by atoms with Crippen molar-refractivity contribution in [2.45, 2.75) is 19.3 Å². The Morgan fingerprint density at radius 2 is 1.33 bits per heavy atom. The monoisotopic (exact) mass is 206 g/mol. The van der Waals surface area contributed by atoms with Crippen LogP contribution in [0.5, 0.6) is 0 Å². The van der Waals surface area contributed by atoms with Crippen molar-refractivity contribution < 1.29 is 9.59 Å². The molecule has 4 atom stereocenters. The Morgan fingerprint density at radius 3 is 1.67 bits per heavy atom. The zero-order chi connectivity index (χ0) is 10.7. The Labute approximate surface area is 88.5 Å². The minimum Gasteiger partial charge on any atom is -0.211 e. The van der Waals surface area contributed by atoms with Crippen LogP contribution in [0.3, 0.4) is 0 Å². The predicted molar refractivity (Wildman–Crippen MR) is 53.8 cm³/mol. The molecule has 0 unspecified atom stereocenters. The molecule has 2 rings (SSSR count). The van der Waals surface area contributed by atoms with Gasteiger partial charge in [-0.25, -0.2) is 19.6 Å². The van der Waals surface area contributed by atoms with Crippen molar-refractivity contribution in [2.75, 3.05) is 13.1 Å². The number of rotatable bonds is 4. The maximum absolute atomic E-state index is 10.0.